The number of rotatable bonds is 8. The molecule has 1 amide bonds. The fourth-order valence-corrected chi connectivity index (χ4v) is 2.22. The molecule has 0 radical (unpaired) electrons. The van der Waals surface area contributed by atoms with E-state index in [1.54, 1.807) is 0 Å². The first kappa shape index (κ1) is 23.7. The predicted molar refractivity (Wildman–Crippen MR) is 117 cm³/mol. The Labute approximate surface area is 169 Å². The molecule has 142 valence electrons. The minimum absolute atomic E-state index is 0. The van der Waals surface area contributed by atoms with Crippen molar-refractivity contribution in [1.29, 1.82) is 0 Å². The second-order valence-electron chi connectivity index (χ2n) is 6.20. The Kier molecular flexibility index (Phi) is 12.3. The van der Waals surface area contributed by atoms with Crippen molar-refractivity contribution < 1.29 is 4.79 Å². The maximum atomic E-state index is 11.8. The maximum Gasteiger partial charge on any atom is 0.222 e. The summed E-state index contributed by atoms with van der Waals surface area (Å²) in [4.78, 5) is 18.5. The number of nitrogens with one attached hydrogen (secondary N) is 2. The van der Waals surface area contributed by atoms with E-state index in [0.717, 1.165) is 25.5 Å². The summed E-state index contributed by atoms with van der Waals surface area (Å²) in [5, 5.41) is 6.25. The topological polar surface area (TPSA) is 56.7 Å². The van der Waals surface area contributed by atoms with E-state index in [1.165, 1.54) is 11.1 Å². The quantitative estimate of drug-likeness (QED) is 0.356. The smallest absolute Gasteiger partial charge is 0.222 e. The molecule has 0 aliphatic rings. The van der Waals surface area contributed by atoms with Crippen LogP contribution in [0, 0.1) is 6.92 Å². The Morgan fingerprint density at radius 2 is 1.88 bits per heavy atom. The third-order valence-corrected chi connectivity index (χ3v) is 3.86. The third-order valence-electron chi connectivity index (χ3n) is 3.86. The molecule has 6 heteroatoms. The van der Waals surface area contributed by atoms with E-state index < -0.39 is 0 Å². The fourth-order valence-electron chi connectivity index (χ4n) is 2.22. The van der Waals surface area contributed by atoms with E-state index in [-0.39, 0.29) is 35.9 Å². The van der Waals surface area contributed by atoms with Gasteiger partial charge in [0.2, 0.25) is 5.91 Å². The number of carbonyl (C=O) groups is 1. The van der Waals surface area contributed by atoms with Gasteiger partial charge in [-0.05, 0) is 32.8 Å². The number of carbonyl (C=O) groups excluding carboxylic acids is 1. The van der Waals surface area contributed by atoms with Gasteiger partial charge in [0.25, 0.3) is 0 Å². The summed E-state index contributed by atoms with van der Waals surface area (Å²) in [6.45, 7) is 10.3. The molecule has 0 saturated carbocycles. The third kappa shape index (κ3) is 9.67. The van der Waals surface area contributed by atoms with Gasteiger partial charge in [0.05, 0.1) is 6.54 Å². The lowest BCUT2D eigenvalue weighted by Crippen LogP contribution is -2.39. The van der Waals surface area contributed by atoms with E-state index in [9.17, 15) is 4.79 Å². The van der Waals surface area contributed by atoms with Gasteiger partial charge in [0.1, 0.15) is 0 Å². The highest BCUT2D eigenvalue weighted by atomic mass is 127. The first-order chi connectivity index (χ1) is 11.5. The molecule has 1 atom stereocenters. The number of amides is 1. The monoisotopic (exact) mass is 460 g/mol. The van der Waals surface area contributed by atoms with Crippen LogP contribution >= 0.6 is 24.0 Å². The van der Waals surface area contributed by atoms with E-state index in [0.29, 0.717) is 13.0 Å². The fraction of sp³-hybridized carbons (Fsp3) is 0.579. The summed E-state index contributed by atoms with van der Waals surface area (Å²) in [7, 11) is 2.01. The van der Waals surface area contributed by atoms with Crippen LogP contribution in [-0.4, -0.2) is 42.9 Å². The van der Waals surface area contributed by atoms with Crippen LogP contribution in [-0.2, 0) is 11.3 Å². The highest BCUT2D eigenvalue weighted by Gasteiger charge is 2.08. The maximum absolute atomic E-state index is 11.8. The zero-order valence-electron chi connectivity index (χ0n) is 16.1. The minimum Gasteiger partial charge on any atom is -0.357 e. The van der Waals surface area contributed by atoms with Gasteiger partial charge in [-0.25, -0.2) is 0 Å². The van der Waals surface area contributed by atoms with Gasteiger partial charge in [-0.15, -0.1) is 24.0 Å². The van der Waals surface area contributed by atoms with Gasteiger partial charge in [-0.3, -0.25) is 9.79 Å². The molecule has 0 bridgehead atoms. The largest absolute Gasteiger partial charge is 0.357 e. The van der Waals surface area contributed by atoms with Crippen LogP contribution in [0.2, 0.25) is 0 Å². The van der Waals surface area contributed by atoms with Crippen molar-refractivity contribution in [2.75, 3.05) is 20.1 Å². The first-order valence-electron chi connectivity index (χ1n) is 8.80. The van der Waals surface area contributed by atoms with Gasteiger partial charge < -0.3 is 15.5 Å². The number of guanidine groups is 1. The second-order valence-corrected chi connectivity index (χ2v) is 6.20. The standard InChI is InChI=1S/C19H32N4O.HI/c1-6-16(4)22-18(24)12-13-21-19(20-7-2)23(5)14-17-10-8-15(3)9-11-17;/h8-11,16H,6-7,12-14H2,1-5H3,(H,20,21)(H,22,24);1H. The summed E-state index contributed by atoms with van der Waals surface area (Å²) < 4.78 is 0. The number of nitrogens with zero attached hydrogens (tertiary/aromatic N) is 2. The second kappa shape index (κ2) is 13.0. The van der Waals surface area contributed by atoms with Crippen LogP contribution in [0.3, 0.4) is 0 Å². The Morgan fingerprint density at radius 1 is 1.24 bits per heavy atom. The zero-order chi connectivity index (χ0) is 17.9. The molecule has 0 aromatic heterocycles. The molecule has 0 heterocycles. The summed E-state index contributed by atoms with van der Waals surface area (Å²) >= 11 is 0. The molecular formula is C19H33IN4O. The number of hydrogen-bond acceptors (Lipinski definition) is 2. The Hall–Kier alpha value is -1.31. The van der Waals surface area contributed by atoms with Crippen LogP contribution < -0.4 is 10.6 Å². The van der Waals surface area contributed by atoms with Crippen LogP contribution in [0.4, 0.5) is 0 Å². The summed E-state index contributed by atoms with van der Waals surface area (Å²) in [6.07, 6.45) is 1.36. The lowest BCUT2D eigenvalue weighted by molar-refractivity contribution is -0.121. The van der Waals surface area contributed by atoms with E-state index in [1.807, 2.05) is 20.9 Å². The van der Waals surface area contributed by atoms with Crippen molar-refractivity contribution in [3.8, 4) is 0 Å². The Morgan fingerprint density at radius 3 is 2.44 bits per heavy atom. The predicted octanol–water partition coefficient (Wildman–Crippen LogP) is 3.32. The lowest BCUT2D eigenvalue weighted by atomic mass is 10.1. The number of aliphatic imine (C=N–C) groups is 1. The number of halogens is 1. The van der Waals surface area contributed by atoms with Crippen molar-refractivity contribution >= 4 is 35.8 Å². The lowest BCUT2D eigenvalue weighted by Gasteiger charge is -2.22. The Bertz CT molecular complexity index is 531. The molecule has 0 aliphatic heterocycles. The first-order valence-corrected chi connectivity index (χ1v) is 8.80. The van der Waals surface area contributed by atoms with Crippen LogP contribution in [0.25, 0.3) is 0 Å². The van der Waals surface area contributed by atoms with Crippen molar-refractivity contribution in [2.45, 2.75) is 53.1 Å². The molecule has 5 nitrogen and oxygen atoms in total. The van der Waals surface area contributed by atoms with E-state index in [4.69, 9.17) is 0 Å². The number of benzene rings is 1. The molecule has 1 unspecified atom stereocenters. The Balaban J connectivity index is 0.00000576. The molecule has 1 rings (SSSR count). The van der Waals surface area contributed by atoms with Crippen molar-refractivity contribution in [3.05, 3.63) is 35.4 Å². The number of hydrogen-bond donors (Lipinski definition) is 2. The average molecular weight is 460 g/mol. The molecule has 1 aromatic rings. The van der Waals surface area contributed by atoms with Crippen molar-refractivity contribution in [1.82, 2.24) is 15.5 Å². The normalized spacial score (nSPS) is 12.1. The minimum atomic E-state index is 0. The van der Waals surface area contributed by atoms with Crippen LogP contribution in [0.15, 0.2) is 29.3 Å². The molecule has 2 N–H and O–H groups in total. The highest BCUT2D eigenvalue weighted by Crippen LogP contribution is 2.06. The molecule has 0 fully saturated rings. The van der Waals surface area contributed by atoms with Gasteiger partial charge in [0, 0.05) is 32.6 Å². The summed E-state index contributed by atoms with van der Waals surface area (Å²) in [6, 6.07) is 8.72. The van der Waals surface area contributed by atoms with Crippen LogP contribution in [0.5, 0.6) is 0 Å². The molecule has 1 aromatic carbocycles. The van der Waals surface area contributed by atoms with Crippen molar-refractivity contribution in [2.24, 2.45) is 4.99 Å². The van der Waals surface area contributed by atoms with Crippen LogP contribution in [0.1, 0.15) is 44.7 Å². The summed E-state index contributed by atoms with van der Waals surface area (Å²) in [5.41, 5.74) is 2.50. The van der Waals surface area contributed by atoms with Crippen molar-refractivity contribution in [3.63, 3.8) is 0 Å². The summed E-state index contributed by atoms with van der Waals surface area (Å²) in [5.74, 6) is 0.888. The molecule has 0 aliphatic carbocycles. The van der Waals surface area contributed by atoms with E-state index in [2.05, 4.69) is 58.6 Å². The molecular weight excluding hydrogens is 427 g/mol. The molecule has 0 saturated heterocycles. The number of aryl methyl sites for hydroxylation is 1. The average Bonchev–Trinajstić information content (AvgIpc) is 2.56. The van der Waals surface area contributed by atoms with Gasteiger partial charge in [-0.2, -0.15) is 0 Å². The van der Waals surface area contributed by atoms with Gasteiger partial charge in [0.15, 0.2) is 5.96 Å². The highest BCUT2D eigenvalue weighted by molar-refractivity contribution is 14.0. The van der Waals surface area contributed by atoms with Gasteiger partial charge >= 0.3 is 0 Å². The van der Waals surface area contributed by atoms with E-state index >= 15 is 0 Å². The molecule has 25 heavy (non-hydrogen) atoms. The molecule has 0 spiro atoms. The van der Waals surface area contributed by atoms with Gasteiger partial charge in [-0.1, -0.05) is 36.8 Å². The zero-order valence-corrected chi connectivity index (χ0v) is 18.5. The SMILES string of the molecule is CCNC(=NCCC(=O)NC(C)CC)N(C)Cc1ccc(C)cc1.I.